The molecule has 1 aliphatic rings. The fourth-order valence-corrected chi connectivity index (χ4v) is 56.6. The lowest BCUT2D eigenvalue weighted by Gasteiger charge is -2.59. The Morgan fingerprint density at radius 1 is 0.769 bits per heavy atom. The van der Waals surface area contributed by atoms with E-state index in [1.54, 1.807) is 0 Å². The van der Waals surface area contributed by atoms with E-state index < -0.39 is 30.8 Å². The van der Waals surface area contributed by atoms with E-state index in [-0.39, 0.29) is 0 Å². The lowest BCUT2D eigenvalue weighted by Crippen LogP contribution is -2.83. The molecule has 0 saturated carbocycles. The molecular formula is C20H41NOSi4. The number of rotatable bonds is 7. The van der Waals surface area contributed by atoms with Gasteiger partial charge in [0.2, 0.25) is 0 Å². The summed E-state index contributed by atoms with van der Waals surface area (Å²) in [6.07, 6.45) is 2.75. The number of hydrogen-bond donors (Lipinski definition) is 0. The van der Waals surface area contributed by atoms with Crippen LogP contribution in [0.5, 0.6) is 0 Å². The smallest absolute Gasteiger partial charge is 0.184 e. The zero-order valence-electron chi connectivity index (χ0n) is 18.6. The van der Waals surface area contributed by atoms with Crippen molar-refractivity contribution >= 4 is 30.8 Å². The van der Waals surface area contributed by atoms with Crippen molar-refractivity contribution in [3.05, 3.63) is 35.9 Å². The highest BCUT2D eigenvalue weighted by atomic mass is 29.6. The first-order chi connectivity index (χ1) is 11.8. The summed E-state index contributed by atoms with van der Waals surface area (Å²) in [7, 11) is -6.41. The van der Waals surface area contributed by atoms with Gasteiger partial charge in [-0.25, -0.2) is 0 Å². The van der Waals surface area contributed by atoms with Gasteiger partial charge in [-0.1, -0.05) is 69.6 Å². The van der Waals surface area contributed by atoms with Crippen LogP contribution < -0.4 is 0 Å². The molecule has 1 heterocycles. The third-order valence-corrected chi connectivity index (χ3v) is 44.9. The summed E-state index contributed by atoms with van der Waals surface area (Å²) in [5.74, 6) is 0. The van der Waals surface area contributed by atoms with Crippen LogP contribution in [0.3, 0.4) is 0 Å². The van der Waals surface area contributed by atoms with Crippen LogP contribution >= 0.6 is 0 Å². The predicted molar refractivity (Wildman–Crippen MR) is 127 cm³/mol. The Hall–Kier alpha value is 0.00753. The van der Waals surface area contributed by atoms with Crippen LogP contribution in [0.2, 0.25) is 58.9 Å². The summed E-state index contributed by atoms with van der Waals surface area (Å²) in [6, 6.07) is 11.3. The van der Waals surface area contributed by atoms with Crippen molar-refractivity contribution in [3.8, 4) is 0 Å². The maximum atomic E-state index is 7.18. The van der Waals surface area contributed by atoms with E-state index in [1.807, 2.05) is 0 Å². The predicted octanol–water partition coefficient (Wildman–Crippen LogP) is 5.99. The van der Waals surface area contributed by atoms with Crippen molar-refractivity contribution in [2.45, 2.75) is 77.5 Å². The lowest BCUT2D eigenvalue weighted by atomic mass is 10.2. The van der Waals surface area contributed by atoms with E-state index in [4.69, 9.17) is 4.43 Å². The molecule has 148 valence electrons. The van der Waals surface area contributed by atoms with E-state index in [1.165, 1.54) is 31.5 Å². The van der Waals surface area contributed by atoms with Gasteiger partial charge in [-0.3, -0.25) is 0 Å². The fourth-order valence-electron chi connectivity index (χ4n) is 5.47. The van der Waals surface area contributed by atoms with Crippen LogP contribution in [-0.2, 0) is 4.43 Å². The topological polar surface area (TPSA) is 12.5 Å². The molecule has 6 heteroatoms. The fraction of sp³-hybridized carbons (Fsp3) is 0.700. The second-order valence-corrected chi connectivity index (χ2v) is 42.2. The van der Waals surface area contributed by atoms with Crippen molar-refractivity contribution < 1.29 is 4.43 Å². The van der Waals surface area contributed by atoms with E-state index in [0.29, 0.717) is 5.73 Å². The van der Waals surface area contributed by atoms with Crippen molar-refractivity contribution in [2.24, 2.45) is 0 Å². The minimum absolute atomic E-state index is 0.340. The highest BCUT2D eigenvalue weighted by Gasteiger charge is 2.64. The molecule has 0 aromatic heterocycles. The second kappa shape index (κ2) is 7.79. The van der Waals surface area contributed by atoms with Crippen LogP contribution in [0, 0.1) is 0 Å². The van der Waals surface area contributed by atoms with E-state index in [9.17, 15) is 0 Å². The number of hydrogen-bond acceptors (Lipinski definition) is 2. The Morgan fingerprint density at radius 3 is 1.62 bits per heavy atom. The molecule has 0 N–H and O–H groups in total. The first kappa shape index (κ1) is 22.3. The first-order valence-electron chi connectivity index (χ1n) is 10.3. The molecule has 1 saturated heterocycles. The average Bonchev–Trinajstić information content (AvgIpc) is 2.98. The maximum Gasteiger partial charge on any atom is 0.184 e. The highest BCUT2D eigenvalue weighted by Crippen LogP contribution is 2.45. The van der Waals surface area contributed by atoms with Crippen molar-refractivity contribution in [1.29, 1.82) is 0 Å². The van der Waals surface area contributed by atoms with E-state index in [0.717, 1.165) is 0 Å². The maximum absolute atomic E-state index is 7.18. The summed E-state index contributed by atoms with van der Waals surface area (Å²) in [5.41, 5.74) is 1.80. The molecule has 2 rings (SSSR count). The third kappa shape index (κ3) is 4.36. The Bertz CT molecular complexity index is 567. The van der Waals surface area contributed by atoms with Crippen LogP contribution in [0.25, 0.3) is 0 Å². The molecular weight excluding hydrogens is 383 g/mol. The Labute approximate surface area is 166 Å². The molecule has 2 nitrogen and oxygen atoms in total. The molecule has 1 atom stereocenters. The SMILES string of the molecule is C[Si](C)(C)OC(c1ccccc1)[Si](N1CCCC1)([Si](C)(C)C)[Si](C)(C)C. The van der Waals surface area contributed by atoms with Crippen LogP contribution in [0.15, 0.2) is 30.3 Å². The molecule has 1 fully saturated rings. The van der Waals surface area contributed by atoms with E-state index >= 15 is 0 Å². The summed E-state index contributed by atoms with van der Waals surface area (Å²) in [5, 5.41) is 0. The monoisotopic (exact) mass is 423 g/mol. The average molecular weight is 424 g/mol. The van der Waals surface area contributed by atoms with Crippen molar-refractivity contribution in [1.82, 2.24) is 4.57 Å². The number of benzene rings is 1. The normalized spacial score (nSPS) is 19.0. The van der Waals surface area contributed by atoms with Gasteiger partial charge in [-0.05, 0) is 51.1 Å². The zero-order valence-corrected chi connectivity index (χ0v) is 22.6. The second-order valence-electron chi connectivity index (χ2n) is 11.0. The van der Waals surface area contributed by atoms with Crippen molar-refractivity contribution in [3.63, 3.8) is 0 Å². The molecule has 1 aliphatic heterocycles. The van der Waals surface area contributed by atoms with Gasteiger partial charge in [0.25, 0.3) is 0 Å². The van der Waals surface area contributed by atoms with Gasteiger partial charge in [0.05, 0.1) is 20.9 Å². The van der Waals surface area contributed by atoms with Crippen LogP contribution in [-0.4, -0.2) is 48.4 Å². The summed E-state index contributed by atoms with van der Waals surface area (Å²) >= 11 is 0. The van der Waals surface area contributed by atoms with Gasteiger partial charge in [0.1, 0.15) is 7.27 Å². The molecule has 1 aromatic carbocycles. The minimum atomic E-state index is -1.82. The zero-order chi connectivity index (χ0) is 19.8. The molecule has 0 radical (unpaired) electrons. The van der Waals surface area contributed by atoms with E-state index in [2.05, 4.69) is 93.8 Å². The standard InChI is InChI=1S/C20H41NOSi4/c1-23(2,3)22-20(19-15-11-10-12-16-19)26(24(4,5)6,25(7,8)9)21-17-13-14-18-21/h10-12,15-16,20H,13-14,17-18H2,1-9H3. The Morgan fingerprint density at radius 2 is 1.23 bits per heavy atom. The molecule has 0 amide bonds. The quantitative estimate of drug-likeness (QED) is 0.499. The van der Waals surface area contributed by atoms with Gasteiger partial charge in [-0.15, -0.1) is 0 Å². The van der Waals surface area contributed by atoms with Gasteiger partial charge in [0, 0.05) is 0 Å². The van der Waals surface area contributed by atoms with Gasteiger partial charge in [-0.2, -0.15) is 0 Å². The molecule has 0 spiro atoms. The van der Waals surface area contributed by atoms with Gasteiger partial charge in [0.15, 0.2) is 8.32 Å². The first-order valence-corrected chi connectivity index (χ1v) is 24.7. The highest BCUT2D eigenvalue weighted by molar-refractivity contribution is 7.68. The van der Waals surface area contributed by atoms with Gasteiger partial charge >= 0.3 is 0 Å². The minimum Gasteiger partial charge on any atom is -0.412 e. The molecule has 1 unspecified atom stereocenters. The van der Waals surface area contributed by atoms with Crippen molar-refractivity contribution in [2.75, 3.05) is 13.1 Å². The lowest BCUT2D eigenvalue weighted by molar-refractivity contribution is 0.257. The van der Waals surface area contributed by atoms with Crippen LogP contribution in [0.4, 0.5) is 0 Å². The Kier molecular flexibility index (Phi) is 6.68. The molecule has 0 aliphatic carbocycles. The largest absolute Gasteiger partial charge is 0.412 e. The summed E-state index contributed by atoms with van der Waals surface area (Å²) < 4.78 is 10.2. The van der Waals surface area contributed by atoms with Gasteiger partial charge < -0.3 is 8.99 Å². The summed E-state index contributed by atoms with van der Waals surface area (Å²) in [4.78, 5) is 0. The molecule has 1 aromatic rings. The van der Waals surface area contributed by atoms with Crippen LogP contribution in [0.1, 0.15) is 24.1 Å². The molecule has 26 heavy (non-hydrogen) atoms. The Balaban J connectivity index is 2.76. The molecule has 0 bridgehead atoms. The number of nitrogens with zero attached hydrogens (tertiary/aromatic N) is 1. The summed E-state index contributed by atoms with van der Waals surface area (Å²) in [6.45, 7) is 25.6. The third-order valence-electron chi connectivity index (χ3n) is 5.84.